The van der Waals surface area contributed by atoms with Gasteiger partial charge in [0.1, 0.15) is 5.82 Å². The second-order valence-electron chi connectivity index (χ2n) is 3.70. The van der Waals surface area contributed by atoms with Crippen LogP contribution in [0.15, 0.2) is 0 Å². The zero-order valence-corrected chi connectivity index (χ0v) is 10.9. The number of alkyl halides is 1. The fraction of sp³-hybridized carbons (Fsp3) is 0.800. The topological polar surface area (TPSA) is 37.8 Å². The van der Waals surface area contributed by atoms with E-state index in [1.807, 2.05) is 0 Å². The largest absolute Gasteiger partial charge is 0.360 e. The van der Waals surface area contributed by atoms with Gasteiger partial charge in [-0.3, -0.25) is 0 Å². The van der Waals surface area contributed by atoms with Crippen molar-refractivity contribution in [1.82, 2.24) is 9.36 Å². The molecule has 0 aliphatic heterocycles. The van der Waals surface area contributed by atoms with Crippen molar-refractivity contribution < 1.29 is 0 Å². The van der Waals surface area contributed by atoms with Crippen molar-refractivity contribution in [3.63, 3.8) is 0 Å². The van der Waals surface area contributed by atoms with Gasteiger partial charge in [-0.15, -0.1) is 11.6 Å². The van der Waals surface area contributed by atoms with Crippen LogP contribution in [0.3, 0.4) is 0 Å². The van der Waals surface area contributed by atoms with E-state index in [2.05, 4.69) is 28.5 Å². The zero-order valence-electron chi connectivity index (χ0n) is 9.29. The number of aryl methyl sites for hydroxylation is 1. The first-order valence-electron chi connectivity index (χ1n) is 5.38. The third-order valence-electron chi connectivity index (χ3n) is 2.20. The molecule has 0 bridgehead atoms. The Labute approximate surface area is 100 Å². The summed E-state index contributed by atoms with van der Waals surface area (Å²) < 4.78 is 4.21. The molecule has 0 aromatic carbocycles. The summed E-state index contributed by atoms with van der Waals surface area (Å²) in [7, 11) is 0. The minimum absolute atomic E-state index is 0.606. The molecule has 0 radical (unpaired) electrons. The minimum atomic E-state index is 0.606. The molecule has 1 unspecified atom stereocenters. The molecular weight excluding hydrogens is 230 g/mol. The molecule has 0 saturated carbocycles. The second kappa shape index (κ2) is 7.01. The van der Waals surface area contributed by atoms with E-state index in [1.54, 1.807) is 0 Å². The van der Waals surface area contributed by atoms with Crippen molar-refractivity contribution in [3.8, 4) is 0 Å². The molecule has 0 aliphatic carbocycles. The molecule has 0 saturated heterocycles. The van der Waals surface area contributed by atoms with Crippen LogP contribution in [0.25, 0.3) is 0 Å². The van der Waals surface area contributed by atoms with E-state index in [9.17, 15) is 0 Å². The zero-order chi connectivity index (χ0) is 11.1. The Morgan fingerprint density at radius 2 is 2.33 bits per heavy atom. The number of aromatic nitrogens is 2. The summed E-state index contributed by atoms with van der Waals surface area (Å²) in [6.07, 6.45) is 3.20. The van der Waals surface area contributed by atoms with Gasteiger partial charge in [0.25, 0.3) is 0 Å². The second-order valence-corrected chi connectivity index (χ2v) is 4.76. The van der Waals surface area contributed by atoms with Crippen LogP contribution >= 0.6 is 23.1 Å². The maximum Gasteiger partial charge on any atom is 0.202 e. The van der Waals surface area contributed by atoms with Crippen LogP contribution in [0.1, 0.15) is 32.5 Å². The Balaban J connectivity index is 2.14. The van der Waals surface area contributed by atoms with Crippen LogP contribution in [0.4, 0.5) is 5.13 Å². The van der Waals surface area contributed by atoms with E-state index >= 15 is 0 Å². The normalized spacial score (nSPS) is 12.7. The number of rotatable bonds is 7. The van der Waals surface area contributed by atoms with Crippen molar-refractivity contribution in [1.29, 1.82) is 0 Å². The van der Waals surface area contributed by atoms with Crippen LogP contribution < -0.4 is 5.32 Å². The SMILES string of the molecule is CCc1nsc(NCCCC(C)CCl)n1. The smallest absolute Gasteiger partial charge is 0.202 e. The molecule has 1 heterocycles. The highest BCUT2D eigenvalue weighted by atomic mass is 35.5. The van der Waals surface area contributed by atoms with Crippen molar-refractivity contribution in [3.05, 3.63) is 5.82 Å². The Morgan fingerprint density at radius 3 is 2.93 bits per heavy atom. The Morgan fingerprint density at radius 1 is 1.53 bits per heavy atom. The molecule has 0 amide bonds. The van der Waals surface area contributed by atoms with Crippen LogP contribution in [0.2, 0.25) is 0 Å². The predicted molar refractivity (Wildman–Crippen MR) is 66.9 cm³/mol. The van der Waals surface area contributed by atoms with Gasteiger partial charge in [0.15, 0.2) is 0 Å². The predicted octanol–water partition coefficient (Wildman–Crippen LogP) is 3.17. The van der Waals surface area contributed by atoms with E-state index in [1.165, 1.54) is 11.5 Å². The molecule has 1 atom stereocenters. The highest BCUT2D eigenvalue weighted by Gasteiger charge is 2.02. The van der Waals surface area contributed by atoms with E-state index < -0.39 is 0 Å². The Bertz CT molecular complexity index is 277. The maximum absolute atomic E-state index is 5.73. The van der Waals surface area contributed by atoms with Gasteiger partial charge in [-0.05, 0) is 18.8 Å². The molecule has 0 aliphatic rings. The van der Waals surface area contributed by atoms with Gasteiger partial charge in [0, 0.05) is 30.4 Å². The van der Waals surface area contributed by atoms with Gasteiger partial charge in [-0.2, -0.15) is 4.37 Å². The average Bonchev–Trinajstić information content (AvgIpc) is 2.72. The van der Waals surface area contributed by atoms with Crippen molar-refractivity contribution in [2.24, 2.45) is 5.92 Å². The molecule has 1 aromatic heterocycles. The molecule has 15 heavy (non-hydrogen) atoms. The lowest BCUT2D eigenvalue weighted by molar-refractivity contribution is 0.572. The molecule has 3 nitrogen and oxygen atoms in total. The molecule has 86 valence electrons. The average molecular weight is 248 g/mol. The lowest BCUT2D eigenvalue weighted by atomic mass is 10.1. The van der Waals surface area contributed by atoms with Crippen LogP contribution in [-0.4, -0.2) is 21.8 Å². The Hall–Kier alpha value is -0.350. The highest BCUT2D eigenvalue weighted by molar-refractivity contribution is 7.09. The van der Waals surface area contributed by atoms with Crippen molar-refractivity contribution in [2.75, 3.05) is 17.7 Å². The maximum atomic E-state index is 5.73. The first-order chi connectivity index (χ1) is 7.26. The van der Waals surface area contributed by atoms with Crippen LogP contribution in [-0.2, 0) is 6.42 Å². The molecule has 1 N–H and O–H groups in total. The highest BCUT2D eigenvalue weighted by Crippen LogP contribution is 2.12. The third kappa shape index (κ3) is 4.80. The number of nitrogens with zero attached hydrogens (tertiary/aromatic N) is 2. The quantitative estimate of drug-likeness (QED) is 0.594. The molecule has 1 rings (SSSR count). The number of halogens is 1. The van der Waals surface area contributed by atoms with E-state index in [0.717, 1.165) is 42.6 Å². The van der Waals surface area contributed by atoms with Gasteiger partial charge in [0.2, 0.25) is 5.13 Å². The molecule has 0 spiro atoms. The molecular formula is C10H18ClN3S. The van der Waals surface area contributed by atoms with Gasteiger partial charge >= 0.3 is 0 Å². The molecule has 5 heteroatoms. The number of anilines is 1. The fourth-order valence-corrected chi connectivity index (χ4v) is 2.02. The lowest BCUT2D eigenvalue weighted by Crippen LogP contribution is -2.04. The number of hydrogen-bond donors (Lipinski definition) is 1. The summed E-state index contributed by atoms with van der Waals surface area (Å²) in [5.74, 6) is 2.28. The Kier molecular flexibility index (Phi) is 5.95. The molecule has 0 fully saturated rings. The first-order valence-corrected chi connectivity index (χ1v) is 6.69. The lowest BCUT2D eigenvalue weighted by Gasteiger charge is -2.06. The minimum Gasteiger partial charge on any atom is -0.360 e. The first kappa shape index (κ1) is 12.7. The van der Waals surface area contributed by atoms with Gasteiger partial charge in [0.05, 0.1) is 0 Å². The standard InChI is InChI=1S/C10H18ClN3S/c1-3-9-13-10(15-14-9)12-6-4-5-8(2)7-11/h8H,3-7H2,1-2H3,(H,12,13,14). The van der Waals surface area contributed by atoms with E-state index in [-0.39, 0.29) is 0 Å². The summed E-state index contributed by atoms with van der Waals surface area (Å²) >= 11 is 7.17. The van der Waals surface area contributed by atoms with Crippen molar-refractivity contribution >= 4 is 28.3 Å². The summed E-state index contributed by atoms with van der Waals surface area (Å²) in [6.45, 7) is 5.20. The van der Waals surface area contributed by atoms with Crippen LogP contribution in [0.5, 0.6) is 0 Å². The van der Waals surface area contributed by atoms with E-state index in [0.29, 0.717) is 5.92 Å². The van der Waals surface area contributed by atoms with Gasteiger partial charge in [-0.1, -0.05) is 13.8 Å². The van der Waals surface area contributed by atoms with Gasteiger partial charge in [-0.25, -0.2) is 4.98 Å². The third-order valence-corrected chi connectivity index (χ3v) is 3.44. The summed E-state index contributed by atoms with van der Waals surface area (Å²) in [5, 5.41) is 4.22. The summed E-state index contributed by atoms with van der Waals surface area (Å²) in [6, 6.07) is 0. The molecule has 1 aromatic rings. The number of nitrogens with one attached hydrogen (secondary N) is 1. The summed E-state index contributed by atoms with van der Waals surface area (Å²) in [4.78, 5) is 4.34. The van der Waals surface area contributed by atoms with Crippen molar-refractivity contribution in [2.45, 2.75) is 33.1 Å². The fourth-order valence-electron chi connectivity index (χ4n) is 1.19. The van der Waals surface area contributed by atoms with Crippen LogP contribution in [0, 0.1) is 5.92 Å². The number of hydrogen-bond acceptors (Lipinski definition) is 4. The summed E-state index contributed by atoms with van der Waals surface area (Å²) in [5.41, 5.74) is 0. The van der Waals surface area contributed by atoms with Gasteiger partial charge < -0.3 is 5.32 Å². The van der Waals surface area contributed by atoms with E-state index in [4.69, 9.17) is 11.6 Å². The monoisotopic (exact) mass is 247 g/mol.